The molecule has 1 aliphatic carbocycles. The summed E-state index contributed by atoms with van der Waals surface area (Å²) in [6, 6.07) is 4.87. The largest absolute Gasteiger partial charge is 0.449 e. The molecule has 2 aliphatic rings. The van der Waals surface area contributed by atoms with Crippen molar-refractivity contribution in [3.63, 3.8) is 0 Å². The van der Waals surface area contributed by atoms with E-state index >= 15 is 0 Å². The number of nitrogens with zero attached hydrogens (tertiary/aromatic N) is 3. The lowest BCUT2D eigenvalue weighted by Crippen LogP contribution is -2.56. The Morgan fingerprint density at radius 3 is 2.53 bits per heavy atom. The van der Waals surface area contributed by atoms with E-state index in [9.17, 15) is 18.8 Å². The molecule has 43 heavy (non-hydrogen) atoms. The zero-order valence-electron chi connectivity index (χ0n) is 25.9. The molecule has 3 N–H and O–H groups in total. The van der Waals surface area contributed by atoms with Crippen molar-refractivity contribution in [2.24, 2.45) is 17.6 Å². The molecule has 234 valence electrons. The minimum absolute atomic E-state index is 0.0210. The van der Waals surface area contributed by atoms with Gasteiger partial charge in [0.25, 0.3) is 0 Å². The Morgan fingerprint density at radius 1 is 1.09 bits per heavy atom. The number of nitrogens with two attached hydrogens (primary N) is 1. The lowest BCUT2D eigenvalue weighted by molar-refractivity contribution is -0.140. The second-order valence-corrected chi connectivity index (χ2v) is 12.3. The minimum atomic E-state index is -0.804. The third kappa shape index (κ3) is 7.90. The summed E-state index contributed by atoms with van der Waals surface area (Å²) >= 11 is 0. The maximum absolute atomic E-state index is 14.3. The number of carbonyl (C=O) groups is 3. The maximum atomic E-state index is 14.3. The van der Waals surface area contributed by atoms with Gasteiger partial charge in [0.2, 0.25) is 11.8 Å². The number of likely N-dealkylation sites (N-methyl/N-ethyl adjacent to an activating group) is 1. The van der Waals surface area contributed by atoms with Crippen molar-refractivity contribution < 1.29 is 23.5 Å². The molecular formula is C33H46FN5O4. The average Bonchev–Trinajstić information content (AvgIpc) is 3.52. The summed E-state index contributed by atoms with van der Waals surface area (Å²) in [5, 5.41) is 3.05. The van der Waals surface area contributed by atoms with Crippen molar-refractivity contribution >= 4 is 17.9 Å². The zero-order chi connectivity index (χ0) is 31.1. The van der Waals surface area contributed by atoms with Gasteiger partial charge in [0.05, 0.1) is 12.6 Å². The van der Waals surface area contributed by atoms with E-state index in [0.29, 0.717) is 12.1 Å². The number of hydrogen-bond donors (Lipinski definition) is 2. The van der Waals surface area contributed by atoms with Gasteiger partial charge in [-0.3, -0.25) is 19.5 Å². The number of hydrogen-bond acceptors (Lipinski definition) is 6. The van der Waals surface area contributed by atoms with Crippen LogP contribution in [-0.2, 0) is 20.9 Å². The van der Waals surface area contributed by atoms with Crippen LogP contribution in [0.5, 0.6) is 0 Å². The highest BCUT2D eigenvalue weighted by Gasteiger charge is 2.40. The number of amides is 3. The lowest BCUT2D eigenvalue weighted by Gasteiger charge is -2.36. The van der Waals surface area contributed by atoms with Gasteiger partial charge in [-0.2, -0.15) is 0 Å². The van der Waals surface area contributed by atoms with Gasteiger partial charge in [-0.25, -0.2) is 9.18 Å². The molecule has 0 bridgehead atoms. The molecule has 2 fully saturated rings. The summed E-state index contributed by atoms with van der Waals surface area (Å²) in [4.78, 5) is 47.9. The molecule has 0 unspecified atom stereocenters. The Balaban J connectivity index is 1.55. The van der Waals surface area contributed by atoms with Gasteiger partial charge in [0.15, 0.2) is 0 Å². The summed E-state index contributed by atoms with van der Waals surface area (Å²) in [7, 11) is 1.54. The van der Waals surface area contributed by atoms with Crippen LogP contribution in [0.2, 0.25) is 0 Å². The van der Waals surface area contributed by atoms with Crippen LogP contribution in [0.1, 0.15) is 82.9 Å². The van der Waals surface area contributed by atoms with Crippen molar-refractivity contribution in [1.82, 2.24) is 20.1 Å². The van der Waals surface area contributed by atoms with E-state index in [1.807, 2.05) is 24.8 Å². The molecule has 4 rings (SSSR count). The summed E-state index contributed by atoms with van der Waals surface area (Å²) in [6.07, 6.45) is 9.40. The molecule has 0 spiro atoms. The molecule has 3 atom stereocenters. The first kappa shape index (κ1) is 32.4. The number of ether oxygens (including phenoxy) is 1. The van der Waals surface area contributed by atoms with Crippen LogP contribution in [0.25, 0.3) is 11.1 Å². The highest BCUT2D eigenvalue weighted by Crippen LogP contribution is 2.36. The van der Waals surface area contributed by atoms with Crippen molar-refractivity contribution in [3.05, 3.63) is 53.6 Å². The van der Waals surface area contributed by atoms with Gasteiger partial charge in [0, 0.05) is 38.1 Å². The number of aromatic nitrogens is 1. The zero-order valence-corrected chi connectivity index (χ0v) is 25.9. The Hall–Kier alpha value is -3.53. The average molecular weight is 596 g/mol. The number of rotatable bonds is 10. The van der Waals surface area contributed by atoms with E-state index in [2.05, 4.69) is 10.3 Å². The van der Waals surface area contributed by atoms with Crippen LogP contribution < -0.4 is 11.1 Å². The molecule has 1 aromatic carbocycles. The van der Waals surface area contributed by atoms with E-state index in [0.717, 1.165) is 61.6 Å². The quantitative estimate of drug-likeness (QED) is 0.391. The van der Waals surface area contributed by atoms with E-state index in [-0.39, 0.29) is 48.7 Å². The number of pyridine rings is 1. The minimum Gasteiger partial charge on any atom is -0.449 e. The Labute approximate surface area is 254 Å². The van der Waals surface area contributed by atoms with E-state index in [4.69, 9.17) is 10.5 Å². The third-order valence-electron chi connectivity index (χ3n) is 8.75. The molecule has 1 saturated heterocycles. The van der Waals surface area contributed by atoms with Gasteiger partial charge in [-0.1, -0.05) is 39.2 Å². The predicted molar refractivity (Wildman–Crippen MR) is 163 cm³/mol. The fourth-order valence-corrected chi connectivity index (χ4v) is 6.15. The number of likely N-dealkylation sites (tertiary alicyclic amines) is 1. The topological polar surface area (TPSA) is 118 Å². The van der Waals surface area contributed by atoms with Crippen LogP contribution in [0, 0.1) is 17.7 Å². The van der Waals surface area contributed by atoms with Crippen LogP contribution in [0.3, 0.4) is 0 Å². The molecule has 1 aliphatic heterocycles. The first-order chi connectivity index (χ1) is 20.6. The molecule has 10 heteroatoms. The first-order valence-electron chi connectivity index (χ1n) is 15.5. The summed E-state index contributed by atoms with van der Waals surface area (Å²) < 4.78 is 19.2. The second kappa shape index (κ2) is 14.8. The molecule has 2 heterocycles. The van der Waals surface area contributed by atoms with E-state index < -0.39 is 18.2 Å². The van der Waals surface area contributed by atoms with E-state index in [1.165, 1.54) is 24.1 Å². The van der Waals surface area contributed by atoms with Gasteiger partial charge in [0.1, 0.15) is 17.9 Å². The summed E-state index contributed by atoms with van der Waals surface area (Å²) in [6.45, 7) is 6.58. The second-order valence-electron chi connectivity index (χ2n) is 12.3. The fourth-order valence-electron chi connectivity index (χ4n) is 6.15. The van der Waals surface area contributed by atoms with Crippen LogP contribution in [-0.4, -0.2) is 65.0 Å². The van der Waals surface area contributed by atoms with Gasteiger partial charge in [-0.15, -0.1) is 0 Å². The summed E-state index contributed by atoms with van der Waals surface area (Å²) in [5.74, 6) is -0.623. The van der Waals surface area contributed by atoms with Crippen molar-refractivity contribution in [1.29, 1.82) is 0 Å². The van der Waals surface area contributed by atoms with Crippen LogP contribution in [0.4, 0.5) is 9.18 Å². The Bertz CT molecular complexity index is 1280. The normalized spacial score (nSPS) is 18.8. The van der Waals surface area contributed by atoms with Gasteiger partial charge < -0.3 is 20.7 Å². The lowest BCUT2D eigenvalue weighted by atomic mass is 9.83. The molecular weight excluding hydrogens is 549 g/mol. The molecule has 1 aromatic heterocycles. The van der Waals surface area contributed by atoms with Crippen molar-refractivity contribution in [2.75, 3.05) is 20.2 Å². The molecule has 2 aromatic rings. The van der Waals surface area contributed by atoms with Gasteiger partial charge in [-0.05, 0) is 79.3 Å². The molecule has 1 saturated carbocycles. The fraction of sp³-hybridized carbons (Fsp3) is 0.576. The molecule has 0 radical (unpaired) electrons. The Morgan fingerprint density at radius 2 is 1.84 bits per heavy atom. The summed E-state index contributed by atoms with van der Waals surface area (Å²) in [5.41, 5.74) is 9.11. The van der Waals surface area contributed by atoms with Gasteiger partial charge >= 0.3 is 6.09 Å². The van der Waals surface area contributed by atoms with Crippen molar-refractivity contribution in [2.45, 2.75) is 90.4 Å². The Kier molecular flexibility index (Phi) is 11.1. The van der Waals surface area contributed by atoms with Crippen molar-refractivity contribution in [3.8, 4) is 11.1 Å². The smallest absolute Gasteiger partial charge is 0.410 e. The highest BCUT2D eigenvalue weighted by atomic mass is 19.1. The predicted octanol–water partition coefficient (Wildman–Crippen LogP) is 5.19. The third-order valence-corrected chi connectivity index (χ3v) is 8.75. The standard InChI is InChI=1S/C33H46FN5O4/c1-21(2)20-43-33(42)38(4)22(3)31(40)37-30(23-9-6-5-7-10-23)32(41)39-14-8-11-29(39)26-15-25(18-36-19-26)28-13-12-27(34)16-24(28)17-35/h12-13,15-16,18-19,21-23,29-30H,5-11,14,17,20,35H2,1-4H3,(H,37,40)/t22-,29-,30-/m0/s1. The maximum Gasteiger partial charge on any atom is 0.410 e. The monoisotopic (exact) mass is 595 g/mol. The highest BCUT2D eigenvalue weighted by molar-refractivity contribution is 5.91. The molecule has 3 amide bonds. The first-order valence-corrected chi connectivity index (χ1v) is 15.5. The number of nitrogens with one attached hydrogen (secondary N) is 1. The number of halogens is 1. The SMILES string of the molecule is CC(C)COC(=O)N(C)[C@@H](C)C(=O)N[C@H](C(=O)N1CCC[C@H]1c1cncc(-c2ccc(F)cc2CN)c1)C1CCCCC1. The van der Waals surface area contributed by atoms with E-state index in [1.54, 1.807) is 25.4 Å². The molecule has 9 nitrogen and oxygen atoms in total. The van der Waals surface area contributed by atoms with Crippen LogP contribution >= 0.6 is 0 Å². The number of carbonyl (C=O) groups excluding carboxylic acids is 3. The number of benzene rings is 1. The van der Waals surface area contributed by atoms with Crippen LogP contribution in [0.15, 0.2) is 36.7 Å².